The first-order valence-corrected chi connectivity index (χ1v) is 6.54. The van der Waals surface area contributed by atoms with E-state index in [-0.39, 0.29) is 11.6 Å². The van der Waals surface area contributed by atoms with Crippen LogP contribution in [0.1, 0.15) is 12.8 Å². The van der Waals surface area contributed by atoms with E-state index in [0.717, 1.165) is 25.9 Å². The minimum Gasteiger partial charge on any atom is -0.327 e. The monoisotopic (exact) mass is 259 g/mol. The quantitative estimate of drug-likeness (QED) is 0.832. The topological polar surface area (TPSA) is 77.0 Å². The second kappa shape index (κ2) is 5.07. The average molecular weight is 259 g/mol. The zero-order chi connectivity index (χ0) is 13.2. The van der Waals surface area contributed by atoms with Crippen molar-refractivity contribution < 1.29 is 0 Å². The van der Waals surface area contributed by atoms with Gasteiger partial charge >= 0.3 is 0 Å². The molecular weight excluding hydrogens is 242 g/mol. The number of nitrogens with two attached hydrogens (primary N) is 1. The fourth-order valence-electron chi connectivity index (χ4n) is 2.53. The molecule has 0 bridgehead atoms. The normalized spacial score (nSPS) is 20.8. The minimum atomic E-state index is -0.0928. The van der Waals surface area contributed by atoms with Crippen molar-refractivity contribution in [2.24, 2.45) is 5.73 Å². The van der Waals surface area contributed by atoms with Gasteiger partial charge in [0.2, 0.25) is 0 Å². The molecule has 1 saturated heterocycles. The van der Waals surface area contributed by atoms with Gasteiger partial charge in [0, 0.05) is 19.1 Å². The van der Waals surface area contributed by atoms with E-state index in [2.05, 4.69) is 15.2 Å². The maximum absolute atomic E-state index is 12.3. The van der Waals surface area contributed by atoms with Crippen molar-refractivity contribution >= 4 is 10.9 Å². The maximum Gasteiger partial charge on any atom is 0.278 e. The highest BCUT2D eigenvalue weighted by Crippen LogP contribution is 2.09. The van der Waals surface area contributed by atoms with Crippen LogP contribution in [0, 0.1) is 0 Å². The molecule has 1 aliphatic rings. The smallest absolute Gasteiger partial charge is 0.278 e. The van der Waals surface area contributed by atoms with E-state index in [1.807, 2.05) is 12.1 Å². The van der Waals surface area contributed by atoms with E-state index in [1.165, 1.54) is 4.68 Å². The van der Waals surface area contributed by atoms with Gasteiger partial charge in [0.15, 0.2) is 0 Å². The summed E-state index contributed by atoms with van der Waals surface area (Å²) in [6.45, 7) is 2.22. The summed E-state index contributed by atoms with van der Waals surface area (Å²) in [7, 11) is 0. The number of likely N-dealkylation sites (tertiary alicyclic amines) is 1. The van der Waals surface area contributed by atoms with Crippen LogP contribution in [-0.2, 0) is 6.67 Å². The van der Waals surface area contributed by atoms with Gasteiger partial charge in [-0.25, -0.2) is 0 Å². The third-order valence-electron chi connectivity index (χ3n) is 3.51. The van der Waals surface area contributed by atoms with Gasteiger partial charge in [0.05, 0.1) is 12.1 Å². The molecule has 2 heterocycles. The molecular formula is C13H17N5O. The third kappa shape index (κ3) is 2.50. The molecule has 100 valence electrons. The molecule has 6 nitrogen and oxygen atoms in total. The summed E-state index contributed by atoms with van der Waals surface area (Å²) in [5, 5.41) is 8.69. The van der Waals surface area contributed by atoms with Crippen molar-refractivity contribution in [3.63, 3.8) is 0 Å². The Morgan fingerprint density at radius 3 is 3.05 bits per heavy atom. The SMILES string of the molecule is N[C@@H]1CCCN(Cn2nnc3ccccc3c2=O)C1. The van der Waals surface area contributed by atoms with E-state index in [4.69, 9.17) is 5.73 Å². The highest BCUT2D eigenvalue weighted by atomic mass is 16.1. The van der Waals surface area contributed by atoms with Crippen LogP contribution < -0.4 is 11.3 Å². The molecule has 1 aliphatic heterocycles. The van der Waals surface area contributed by atoms with Crippen molar-refractivity contribution in [3.8, 4) is 0 Å². The van der Waals surface area contributed by atoms with E-state index in [1.54, 1.807) is 12.1 Å². The Morgan fingerprint density at radius 1 is 1.37 bits per heavy atom. The van der Waals surface area contributed by atoms with Crippen LogP contribution in [0.2, 0.25) is 0 Å². The molecule has 0 saturated carbocycles. The lowest BCUT2D eigenvalue weighted by Gasteiger charge is -2.30. The largest absolute Gasteiger partial charge is 0.327 e. The highest BCUT2D eigenvalue weighted by molar-refractivity contribution is 5.76. The Bertz CT molecular complexity index is 638. The molecule has 0 amide bonds. The maximum atomic E-state index is 12.3. The number of piperidine rings is 1. The number of nitrogens with zero attached hydrogens (tertiary/aromatic N) is 4. The van der Waals surface area contributed by atoms with Gasteiger partial charge < -0.3 is 5.73 Å². The Kier molecular flexibility index (Phi) is 3.27. The van der Waals surface area contributed by atoms with Crippen molar-refractivity contribution in [3.05, 3.63) is 34.6 Å². The van der Waals surface area contributed by atoms with Crippen LogP contribution in [-0.4, -0.2) is 39.0 Å². The van der Waals surface area contributed by atoms with Gasteiger partial charge in [-0.3, -0.25) is 9.69 Å². The molecule has 1 aromatic carbocycles. The molecule has 0 unspecified atom stereocenters. The van der Waals surface area contributed by atoms with Gasteiger partial charge in [-0.15, -0.1) is 5.10 Å². The van der Waals surface area contributed by atoms with Crippen LogP contribution in [0.25, 0.3) is 10.9 Å². The lowest BCUT2D eigenvalue weighted by molar-refractivity contribution is 0.154. The van der Waals surface area contributed by atoms with Gasteiger partial charge in [0.25, 0.3) is 5.56 Å². The Hall–Kier alpha value is -1.79. The van der Waals surface area contributed by atoms with Crippen LogP contribution in [0.5, 0.6) is 0 Å². The van der Waals surface area contributed by atoms with Crippen LogP contribution in [0.3, 0.4) is 0 Å². The molecule has 19 heavy (non-hydrogen) atoms. The molecule has 0 spiro atoms. The van der Waals surface area contributed by atoms with Crippen molar-refractivity contribution in [2.75, 3.05) is 13.1 Å². The van der Waals surface area contributed by atoms with Gasteiger partial charge in [-0.2, -0.15) is 4.68 Å². The lowest BCUT2D eigenvalue weighted by Crippen LogP contribution is -2.45. The summed E-state index contributed by atoms with van der Waals surface area (Å²) in [6.07, 6.45) is 2.12. The predicted octanol–water partition coefficient (Wildman–Crippen LogP) is 0.172. The van der Waals surface area contributed by atoms with E-state index in [9.17, 15) is 4.79 Å². The zero-order valence-corrected chi connectivity index (χ0v) is 10.7. The molecule has 1 fully saturated rings. The fraction of sp³-hybridized carbons (Fsp3) is 0.462. The standard InChI is InChI=1S/C13H17N5O/c14-10-4-3-7-17(8-10)9-18-13(19)11-5-1-2-6-12(11)15-16-18/h1-2,5-6,10H,3-4,7-9,14H2/t10-/m1/s1. The first-order chi connectivity index (χ1) is 9.24. The first-order valence-electron chi connectivity index (χ1n) is 6.54. The number of benzene rings is 1. The molecule has 1 aromatic heterocycles. The van der Waals surface area contributed by atoms with Crippen LogP contribution in [0.4, 0.5) is 0 Å². The van der Waals surface area contributed by atoms with Crippen molar-refractivity contribution in [1.29, 1.82) is 0 Å². The highest BCUT2D eigenvalue weighted by Gasteiger charge is 2.17. The Morgan fingerprint density at radius 2 is 2.21 bits per heavy atom. The summed E-state index contributed by atoms with van der Waals surface area (Å²) < 4.78 is 1.42. The van der Waals surface area contributed by atoms with Crippen LogP contribution >= 0.6 is 0 Å². The van der Waals surface area contributed by atoms with E-state index < -0.39 is 0 Å². The first kappa shape index (κ1) is 12.3. The summed E-state index contributed by atoms with van der Waals surface area (Å²) >= 11 is 0. The number of hydrogen-bond donors (Lipinski definition) is 1. The summed E-state index contributed by atoms with van der Waals surface area (Å²) in [5.74, 6) is 0. The lowest BCUT2D eigenvalue weighted by atomic mass is 10.1. The second-order valence-electron chi connectivity index (χ2n) is 5.03. The number of rotatable bonds is 2. The number of aromatic nitrogens is 3. The van der Waals surface area contributed by atoms with Gasteiger partial charge in [-0.05, 0) is 25.0 Å². The fourth-order valence-corrected chi connectivity index (χ4v) is 2.53. The Labute approximate surface area is 110 Å². The molecule has 2 N–H and O–H groups in total. The van der Waals surface area contributed by atoms with Crippen molar-refractivity contribution in [1.82, 2.24) is 19.9 Å². The zero-order valence-electron chi connectivity index (χ0n) is 10.7. The number of fused-ring (bicyclic) bond motifs is 1. The second-order valence-corrected chi connectivity index (χ2v) is 5.03. The van der Waals surface area contributed by atoms with E-state index in [0.29, 0.717) is 17.6 Å². The summed E-state index contributed by atoms with van der Waals surface area (Å²) in [4.78, 5) is 14.4. The number of hydrogen-bond acceptors (Lipinski definition) is 5. The molecule has 0 radical (unpaired) electrons. The van der Waals surface area contributed by atoms with Crippen LogP contribution in [0.15, 0.2) is 29.1 Å². The van der Waals surface area contributed by atoms with E-state index >= 15 is 0 Å². The van der Waals surface area contributed by atoms with Gasteiger partial charge in [-0.1, -0.05) is 17.3 Å². The molecule has 0 aliphatic carbocycles. The molecule has 1 atom stereocenters. The molecule has 2 aromatic rings. The third-order valence-corrected chi connectivity index (χ3v) is 3.51. The molecule has 6 heteroatoms. The average Bonchev–Trinajstić information content (AvgIpc) is 2.42. The Balaban J connectivity index is 1.89. The summed E-state index contributed by atoms with van der Waals surface area (Å²) in [6, 6.07) is 7.46. The summed E-state index contributed by atoms with van der Waals surface area (Å²) in [5.41, 5.74) is 6.49. The van der Waals surface area contributed by atoms with Gasteiger partial charge in [0.1, 0.15) is 5.52 Å². The minimum absolute atomic E-state index is 0.0928. The predicted molar refractivity (Wildman–Crippen MR) is 72.6 cm³/mol. The van der Waals surface area contributed by atoms with Crippen molar-refractivity contribution in [2.45, 2.75) is 25.6 Å². The molecule has 3 rings (SSSR count).